The summed E-state index contributed by atoms with van der Waals surface area (Å²) in [5, 5.41) is 0. The highest BCUT2D eigenvalue weighted by molar-refractivity contribution is 5.69. The number of piperazine rings is 1. The molecule has 0 saturated carbocycles. The number of cyclic esters (lactones) is 1. The van der Waals surface area contributed by atoms with Crippen molar-refractivity contribution in [1.29, 1.82) is 0 Å². The van der Waals surface area contributed by atoms with Gasteiger partial charge in [0.05, 0.1) is 12.6 Å². The Labute approximate surface area is 119 Å². The average Bonchev–Trinajstić information content (AvgIpc) is 2.74. The highest BCUT2D eigenvalue weighted by atomic mass is 16.6. The number of rotatable bonds is 2. The van der Waals surface area contributed by atoms with Gasteiger partial charge in [0.15, 0.2) is 0 Å². The molecule has 0 aromatic heterocycles. The zero-order chi connectivity index (χ0) is 13.5. The molecule has 2 bridgehead atoms. The van der Waals surface area contributed by atoms with E-state index < -0.39 is 0 Å². The standard InChI is InChI=1S/C16H20N2O2/c19-16-18-11-13-6-7-14(15(18)8-9-20-16)17(13)10-12-4-2-1-3-5-12/h1-5,13-15H,6-11H2/t13-,14+,15-/m1/s1. The van der Waals surface area contributed by atoms with Gasteiger partial charge in [-0.25, -0.2) is 4.79 Å². The second-order valence-corrected chi connectivity index (χ2v) is 6.08. The Morgan fingerprint density at radius 1 is 1.10 bits per heavy atom. The summed E-state index contributed by atoms with van der Waals surface area (Å²) in [4.78, 5) is 16.5. The average molecular weight is 272 g/mol. The molecule has 0 N–H and O–H groups in total. The molecule has 20 heavy (non-hydrogen) atoms. The second kappa shape index (κ2) is 4.77. The Hall–Kier alpha value is -1.55. The van der Waals surface area contributed by atoms with E-state index in [-0.39, 0.29) is 6.09 Å². The number of carbonyl (C=O) groups excluding carboxylic acids is 1. The van der Waals surface area contributed by atoms with Gasteiger partial charge < -0.3 is 9.64 Å². The van der Waals surface area contributed by atoms with Gasteiger partial charge in [0, 0.05) is 31.6 Å². The van der Waals surface area contributed by atoms with E-state index in [0.717, 1.165) is 19.5 Å². The highest BCUT2D eigenvalue weighted by Gasteiger charge is 2.49. The van der Waals surface area contributed by atoms with Crippen molar-refractivity contribution in [3.63, 3.8) is 0 Å². The van der Waals surface area contributed by atoms with Crippen LogP contribution < -0.4 is 0 Å². The number of fused-ring (bicyclic) bond motifs is 4. The molecule has 3 aliphatic heterocycles. The maximum Gasteiger partial charge on any atom is 0.410 e. The first kappa shape index (κ1) is 12.2. The molecule has 106 valence electrons. The fraction of sp³-hybridized carbons (Fsp3) is 0.562. The van der Waals surface area contributed by atoms with Crippen LogP contribution in [0.25, 0.3) is 0 Å². The van der Waals surface area contributed by atoms with Crippen molar-refractivity contribution in [2.24, 2.45) is 0 Å². The minimum Gasteiger partial charge on any atom is -0.449 e. The molecule has 3 atom stereocenters. The summed E-state index contributed by atoms with van der Waals surface area (Å²) >= 11 is 0. The molecule has 3 fully saturated rings. The molecule has 3 saturated heterocycles. The van der Waals surface area contributed by atoms with Crippen molar-refractivity contribution in [3.05, 3.63) is 35.9 Å². The fourth-order valence-corrected chi connectivity index (χ4v) is 4.09. The van der Waals surface area contributed by atoms with Crippen LogP contribution in [-0.4, -0.2) is 47.2 Å². The first-order chi connectivity index (χ1) is 9.83. The lowest BCUT2D eigenvalue weighted by molar-refractivity contribution is -0.0290. The normalized spacial score (nSPS) is 32.9. The predicted molar refractivity (Wildman–Crippen MR) is 75.3 cm³/mol. The lowest BCUT2D eigenvalue weighted by Gasteiger charge is -2.48. The van der Waals surface area contributed by atoms with E-state index in [0.29, 0.717) is 24.7 Å². The molecule has 3 aliphatic rings. The monoisotopic (exact) mass is 272 g/mol. The number of ether oxygens (including phenoxy) is 1. The molecule has 0 radical (unpaired) electrons. The number of carbonyl (C=O) groups is 1. The largest absolute Gasteiger partial charge is 0.449 e. The van der Waals surface area contributed by atoms with Crippen LogP contribution in [0.1, 0.15) is 24.8 Å². The number of hydrogen-bond donors (Lipinski definition) is 0. The Bertz CT molecular complexity index is 504. The number of nitrogens with zero attached hydrogens (tertiary/aromatic N) is 2. The Morgan fingerprint density at radius 2 is 1.95 bits per heavy atom. The van der Waals surface area contributed by atoms with Crippen molar-refractivity contribution in [3.8, 4) is 0 Å². The van der Waals surface area contributed by atoms with E-state index in [2.05, 4.69) is 35.2 Å². The van der Waals surface area contributed by atoms with Crippen LogP contribution in [0.2, 0.25) is 0 Å². The van der Waals surface area contributed by atoms with Gasteiger partial charge in [0.25, 0.3) is 0 Å². The van der Waals surface area contributed by atoms with Crippen LogP contribution >= 0.6 is 0 Å². The summed E-state index contributed by atoms with van der Waals surface area (Å²) in [6.45, 7) is 2.43. The second-order valence-electron chi connectivity index (χ2n) is 6.08. The first-order valence-corrected chi connectivity index (χ1v) is 7.56. The molecule has 1 amide bonds. The third-order valence-electron chi connectivity index (χ3n) is 5.02. The lowest BCUT2D eigenvalue weighted by Crippen LogP contribution is -2.62. The van der Waals surface area contributed by atoms with Crippen LogP contribution in [-0.2, 0) is 11.3 Å². The Balaban J connectivity index is 1.56. The van der Waals surface area contributed by atoms with Crippen molar-refractivity contribution >= 4 is 6.09 Å². The molecule has 4 heteroatoms. The van der Waals surface area contributed by atoms with Crippen molar-refractivity contribution in [2.45, 2.75) is 43.9 Å². The van der Waals surface area contributed by atoms with Gasteiger partial charge in [-0.05, 0) is 18.4 Å². The van der Waals surface area contributed by atoms with E-state index in [1.54, 1.807) is 0 Å². The molecule has 0 unspecified atom stereocenters. The fourth-order valence-electron chi connectivity index (χ4n) is 4.09. The minimum absolute atomic E-state index is 0.0995. The summed E-state index contributed by atoms with van der Waals surface area (Å²) in [5.74, 6) is 0. The summed E-state index contributed by atoms with van der Waals surface area (Å²) in [5.41, 5.74) is 1.37. The molecular weight excluding hydrogens is 252 g/mol. The lowest BCUT2D eigenvalue weighted by atomic mass is 9.98. The molecule has 4 nitrogen and oxygen atoms in total. The van der Waals surface area contributed by atoms with Gasteiger partial charge in [0.1, 0.15) is 0 Å². The number of hydrogen-bond acceptors (Lipinski definition) is 3. The number of benzene rings is 1. The summed E-state index contributed by atoms with van der Waals surface area (Å²) < 4.78 is 5.19. The van der Waals surface area contributed by atoms with E-state index in [9.17, 15) is 4.79 Å². The van der Waals surface area contributed by atoms with Crippen LogP contribution in [0.5, 0.6) is 0 Å². The van der Waals surface area contributed by atoms with E-state index in [1.165, 1.54) is 18.4 Å². The van der Waals surface area contributed by atoms with E-state index >= 15 is 0 Å². The predicted octanol–water partition coefficient (Wildman–Crippen LogP) is 2.24. The molecule has 1 aromatic carbocycles. The zero-order valence-corrected chi connectivity index (χ0v) is 11.6. The van der Waals surface area contributed by atoms with Crippen molar-refractivity contribution in [1.82, 2.24) is 9.80 Å². The Kier molecular flexibility index (Phi) is 2.91. The quantitative estimate of drug-likeness (QED) is 0.828. The maximum absolute atomic E-state index is 11.9. The zero-order valence-electron chi connectivity index (χ0n) is 11.6. The van der Waals surface area contributed by atoms with Gasteiger partial charge >= 0.3 is 6.09 Å². The number of amides is 1. The van der Waals surface area contributed by atoms with Gasteiger partial charge in [-0.3, -0.25) is 4.90 Å². The van der Waals surface area contributed by atoms with Crippen LogP contribution in [0.3, 0.4) is 0 Å². The Morgan fingerprint density at radius 3 is 2.80 bits per heavy atom. The highest BCUT2D eigenvalue weighted by Crippen LogP contribution is 2.38. The third-order valence-corrected chi connectivity index (χ3v) is 5.02. The molecule has 0 aliphatic carbocycles. The molecule has 1 aromatic rings. The molecule has 0 spiro atoms. The maximum atomic E-state index is 11.9. The van der Waals surface area contributed by atoms with E-state index in [4.69, 9.17) is 4.74 Å². The van der Waals surface area contributed by atoms with Gasteiger partial charge in [0.2, 0.25) is 0 Å². The molecule has 4 rings (SSSR count). The van der Waals surface area contributed by atoms with Crippen LogP contribution in [0.4, 0.5) is 4.79 Å². The topological polar surface area (TPSA) is 32.8 Å². The molecular formula is C16H20N2O2. The smallest absolute Gasteiger partial charge is 0.410 e. The van der Waals surface area contributed by atoms with Crippen LogP contribution in [0, 0.1) is 0 Å². The minimum atomic E-state index is -0.0995. The van der Waals surface area contributed by atoms with Crippen molar-refractivity contribution < 1.29 is 9.53 Å². The molecule has 3 heterocycles. The first-order valence-electron chi connectivity index (χ1n) is 7.56. The SMILES string of the molecule is O=C1OCC[C@@H]2[C@@H]3CC[C@H](CN12)N3Cc1ccccc1. The summed E-state index contributed by atoms with van der Waals surface area (Å²) in [6, 6.07) is 12.0. The van der Waals surface area contributed by atoms with Crippen LogP contribution in [0.15, 0.2) is 30.3 Å². The third kappa shape index (κ3) is 1.90. The van der Waals surface area contributed by atoms with Gasteiger partial charge in [-0.15, -0.1) is 0 Å². The van der Waals surface area contributed by atoms with E-state index in [1.807, 2.05) is 4.90 Å². The summed E-state index contributed by atoms with van der Waals surface area (Å²) in [6.07, 6.45) is 3.30. The van der Waals surface area contributed by atoms with Crippen molar-refractivity contribution in [2.75, 3.05) is 13.2 Å². The van der Waals surface area contributed by atoms with Gasteiger partial charge in [-0.2, -0.15) is 0 Å². The van der Waals surface area contributed by atoms with Gasteiger partial charge in [-0.1, -0.05) is 30.3 Å². The summed E-state index contributed by atoms with van der Waals surface area (Å²) in [7, 11) is 0.